The average Bonchev–Trinajstić information content (AvgIpc) is 2.50. The van der Waals surface area contributed by atoms with Crippen LogP contribution in [-0.2, 0) is 4.74 Å². The lowest BCUT2D eigenvalue weighted by atomic mass is 10.0. The molecule has 0 spiro atoms. The second-order valence-electron chi connectivity index (χ2n) is 6.22. The minimum Gasteiger partial charge on any atom is -0.453 e. The fourth-order valence-electron chi connectivity index (χ4n) is 2.91. The fourth-order valence-corrected chi connectivity index (χ4v) is 2.91. The first-order valence-corrected chi connectivity index (χ1v) is 8.00. The Labute approximate surface area is 135 Å². The molecule has 0 saturated heterocycles. The van der Waals surface area contributed by atoms with Crippen LogP contribution in [0, 0.1) is 0 Å². The van der Waals surface area contributed by atoms with Crippen LogP contribution in [0.4, 0.5) is 4.79 Å². The number of nitrogens with zero attached hydrogens (tertiary/aromatic N) is 2. The van der Waals surface area contributed by atoms with Crippen molar-refractivity contribution in [3.05, 3.63) is 35.9 Å². The molecule has 4 heteroatoms. The Hall–Kier alpha value is -1.55. The molecular formula is C18H30N2O2. The normalized spacial score (nSPS) is 12.8. The van der Waals surface area contributed by atoms with Gasteiger partial charge in [-0.2, -0.15) is 0 Å². The van der Waals surface area contributed by atoms with Gasteiger partial charge < -0.3 is 9.64 Å². The van der Waals surface area contributed by atoms with Crippen molar-refractivity contribution >= 4 is 6.09 Å². The standard InChI is InChI=1S/C18H30N2O2/c1-14(2)20(15(3)4)13-12-17(19(5)18(21)22-6)16-10-8-7-9-11-16/h7-11,14-15,17H,12-13H2,1-6H3. The Kier molecular flexibility index (Phi) is 7.39. The smallest absolute Gasteiger partial charge is 0.409 e. The van der Waals surface area contributed by atoms with E-state index in [1.807, 2.05) is 18.2 Å². The molecule has 0 fully saturated rings. The van der Waals surface area contributed by atoms with Crippen LogP contribution in [-0.4, -0.2) is 48.7 Å². The zero-order chi connectivity index (χ0) is 16.7. The predicted octanol–water partition coefficient (Wildman–Crippen LogP) is 3.93. The Bertz CT molecular complexity index is 438. The van der Waals surface area contributed by atoms with E-state index in [0.717, 1.165) is 18.5 Å². The molecule has 0 bridgehead atoms. The van der Waals surface area contributed by atoms with Crippen LogP contribution in [0.15, 0.2) is 30.3 Å². The first-order valence-electron chi connectivity index (χ1n) is 8.00. The maximum Gasteiger partial charge on any atom is 0.409 e. The third kappa shape index (κ3) is 5.02. The van der Waals surface area contributed by atoms with Crippen molar-refractivity contribution in [1.82, 2.24) is 9.80 Å². The third-order valence-electron chi connectivity index (χ3n) is 4.10. The van der Waals surface area contributed by atoms with E-state index >= 15 is 0 Å². The molecule has 22 heavy (non-hydrogen) atoms. The molecule has 1 aromatic carbocycles. The minimum atomic E-state index is -0.297. The summed E-state index contributed by atoms with van der Waals surface area (Å²) in [5.41, 5.74) is 1.14. The van der Waals surface area contributed by atoms with Gasteiger partial charge in [0, 0.05) is 25.7 Å². The molecule has 0 aliphatic heterocycles. The number of amides is 1. The quantitative estimate of drug-likeness (QED) is 0.765. The summed E-state index contributed by atoms with van der Waals surface area (Å²) in [5.74, 6) is 0. The number of carbonyl (C=O) groups is 1. The van der Waals surface area contributed by atoms with Crippen LogP contribution in [0.2, 0.25) is 0 Å². The number of ether oxygens (including phenoxy) is 1. The number of hydrogen-bond donors (Lipinski definition) is 0. The van der Waals surface area contributed by atoms with E-state index in [4.69, 9.17) is 4.74 Å². The van der Waals surface area contributed by atoms with Crippen molar-refractivity contribution in [2.24, 2.45) is 0 Å². The van der Waals surface area contributed by atoms with Gasteiger partial charge in [-0.25, -0.2) is 4.79 Å². The van der Waals surface area contributed by atoms with Gasteiger partial charge in [0.15, 0.2) is 0 Å². The first kappa shape index (κ1) is 18.5. The summed E-state index contributed by atoms with van der Waals surface area (Å²) < 4.78 is 4.89. The van der Waals surface area contributed by atoms with E-state index in [-0.39, 0.29) is 12.1 Å². The zero-order valence-electron chi connectivity index (χ0n) is 14.7. The molecule has 0 aliphatic rings. The molecule has 0 aromatic heterocycles. The van der Waals surface area contributed by atoms with Gasteiger partial charge in [-0.3, -0.25) is 4.90 Å². The second kappa shape index (κ2) is 8.79. The fraction of sp³-hybridized carbons (Fsp3) is 0.611. The summed E-state index contributed by atoms with van der Waals surface area (Å²) in [4.78, 5) is 16.1. The van der Waals surface area contributed by atoms with Crippen molar-refractivity contribution < 1.29 is 9.53 Å². The molecular weight excluding hydrogens is 276 g/mol. The molecule has 1 unspecified atom stereocenters. The van der Waals surface area contributed by atoms with Gasteiger partial charge in [0.25, 0.3) is 0 Å². The maximum atomic E-state index is 11.9. The second-order valence-corrected chi connectivity index (χ2v) is 6.22. The molecule has 0 N–H and O–H groups in total. The van der Waals surface area contributed by atoms with E-state index in [9.17, 15) is 4.79 Å². The van der Waals surface area contributed by atoms with E-state index in [1.54, 1.807) is 11.9 Å². The van der Waals surface area contributed by atoms with Crippen LogP contribution in [0.5, 0.6) is 0 Å². The molecule has 4 nitrogen and oxygen atoms in total. The monoisotopic (exact) mass is 306 g/mol. The van der Waals surface area contributed by atoms with Gasteiger partial charge in [-0.1, -0.05) is 30.3 Å². The Morgan fingerprint density at radius 3 is 2.09 bits per heavy atom. The highest BCUT2D eigenvalue weighted by molar-refractivity contribution is 5.67. The van der Waals surface area contributed by atoms with E-state index < -0.39 is 0 Å². The molecule has 1 amide bonds. The minimum absolute atomic E-state index is 0.0219. The van der Waals surface area contributed by atoms with Crippen molar-refractivity contribution in [3.63, 3.8) is 0 Å². The predicted molar refractivity (Wildman–Crippen MR) is 90.9 cm³/mol. The number of benzene rings is 1. The molecule has 1 atom stereocenters. The first-order chi connectivity index (χ1) is 10.4. The highest BCUT2D eigenvalue weighted by atomic mass is 16.5. The summed E-state index contributed by atoms with van der Waals surface area (Å²) in [6.45, 7) is 9.78. The zero-order valence-corrected chi connectivity index (χ0v) is 14.7. The van der Waals surface area contributed by atoms with E-state index in [2.05, 4.69) is 44.7 Å². The number of rotatable bonds is 7. The van der Waals surface area contributed by atoms with Gasteiger partial charge in [0.05, 0.1) is 13.2 Å². The number of hydrogen-bond acceptors (Lipinski definition) is 3. The highest BCUT2D eigenvalue weighted by Crippen LogP contribution is 2.24. The summed E-state index contributed by atoms with van der Waals surface area (Å²) in [6.07, 6.45) is 0.584. The van der Waals surface area contributed by atoms with Gasteiger partial charge >= 0.3 is 6.09 Å². The van der Waals surface area contributed by atoms with Crippen LogP contribution < -0.4 is 0 Å². The van der Waals surface area contributed by atoms with E-state index in [1.165, 1.54) is 7.11 Å². The lowest BCUT2D eigenvalue weighted by Gasteiger charge is -2.34. The number of methoxy groups -OCH3 is 1. The van der Waals surface area contributed by atoms with Gasteiger partial charge in [-0.15, -0.1) is 0 Å². The Morgan fingerprint density at radius 1 is 1.09 bits per heavy atom. The van der Waals surface area contributed by atoms with Gasteiger partial charge in [0.2, 0.25) is 0 Å². The lowest BCUT2D eigenvalue weighted by molar-refractivity contribution is 0.105. The van der Waals surface area contributed by atoms with Crippen LogP contribution in [0.3, 0.4) is 0 Å². The Balaban J connectivity index is 2.89. The highest BCUT2D eigenvalue weighted by Gasteiger charge is 2.24. The van der Waals surface area contributed by atoms with Gasteiger partial charge in [-0.05, 0) is 39.7 Å². The maximum absolute atomic E-state index is 11.9. The summed E-state index contributed by atoms with van der Waals surface area (Å²) in [5, 5.41) is 0. The molecule has 0 aliphatic carbocycles. The van der Waals surface area contributed by atoms with Crippen LogP contribution in [0.1, 0.15) is 45.7 Å². The van der Waals surface area contributed by atoms with Crippen molar-refractivity contribution in [1.29, 1.82) is 0 Å². The number of carbonyl (C=O) groups excluding carboxylic acids is 1. The topological polar surface area (TPSA) is 32.8 Å². The molecule has 1 aromatic rings. The molecule has 0 radical (unpaired) electrons. The summed E-state index contributed by atoms with van der Waals surface area (Å²) >= 11 is 0. The summed E-state index contributed by atoms with van der Waals surface area (Å²) in [6, 6.07) is 11.1. The van der Waals surface area contributed by atoms with Crippen molar-refractivity contribution in [2.45, 2.75) is 52.2 Å². The molecule has 0 saturated carbocycles. The van der Waals surface area contributed by atoms with Crippen LogP contribution in [0.25, 0.3) is 0 Å². The van der Waals surface area contributed by atoms with E-state index in [0.29, 0.717) is 12.1 Å². The molecule has 0 heterocycles. The molecule has 124 valence electrons. The van der Waals surface area contributed by atoms with Crippen LogP contribution >= 0.6 is 0 Å². The summed E-state index contributed by atoms with van der Waals surface area (Å²) in [7, 11) is 3.23. The lowest BCUT2D eigenvalue weighted by Crippen LogP contribution is -2.40. The van der Waals surface area contributed by atoms with Crippen molar-refractivity contribution in [2.75, 3.05) is 20.7 Å². The average molecular weight is 306 g/mol. The van der Waals surface area contributed by atoms with Crippen molar-refractivity contribution in [3.8, 4) is 0 Å². The third-order valence-corrected chi connectivity index (χ3v) is 4.10. The molecule has 1 rings (SSSR count). The van der Waals surface area contributed by atoms with Gasteiger partial charge in [0.1, 0.15) is 0 Å². The Morgan fingerprint density at radius 2 is 1.64 bits per heavy atom. The SMILES string of the molecule is COC(=O)N(C)C(CCN(C(C)C)C(C)C)c1ccccc1. The largest absolute Gasteiger partial charge is 0.453 e.